The van der Waals surface area contributed by atoms with E-state index in [2.05, 4.69) is 0 Å². The molecule has 0 radical (unpaired) electrons. The van der Waals surface area contributed by atoms with E-state index in [4.69, 9.17) is 11.5 Å². The largest absolute Gasteiger partial charge is 2.00 e. The van der Waals surface area contributed by atoms with Crippen molar-refractivity contribution < 1.29 is 36.1 Å². The minimum atomic E-state index is -1.42. The van der Waals surface area contributed by atoms with Gasteiger partial charge in [0.05, 0.1) is 5.97 Å². The number of hydrogen-bond donors (Lipinski definition) is 2. The van der Waals surface area contributed by atoms with Crippen LogP contribution in [-0.2, 0) is 21.1 Å². The Morgan fingerprint density at radius 3 is 2.00 bits per heavy atom. The Bertz CT molecular complexity index is 479. The molecular weight excluding hydrogens is 681 g/mol. The van der Waals surface area contributed by atoms with Crippen LogP contribution >= 0.6 is 45.2 Å². The molecule has 0 saturated heterocycles. The van der Waals surface area contributed by atoms with Crippen molar-refractivity contribution in [2.45, 2.75) is 37.8 Å². The van der Waals surface area contributed by atoms with Crippen LogP contribution in [0.15, 0.2) is 12.1 Å². The van der Waals surface area contributed by atoms with Gasteiger partial charge in [0.1, 0.15) is 0 Å². The SMILES string of the molecule is N[C@@H]1CCCC[C@H]1N.O=C([O-])c1cc(I)cc(I)c1[O-].[Pt+2]. The number of rotatable bonds is 1. The van der Waals surface area contributed by atoms with Crippen LogP contribution in [0.2, 0.25) is 0 Å². The minimum Gasteiger partial charge on any atom is -0.871 e. The molecule has 1 aliphatic rings. The molecule has 0 spiro atoms. The molecule has 5 nitrogen and oxygen atoms in total. The third-order valence-electron chi connectivity index (χ3n) is 3.10. The molecule has 120 valence electrons. The molecule has 0 heterocycles. The normalized spacial score (nSPS) is 20.8. The molecular formula is C13H16I2N2O3Pt. The average Bonchev–Trinajstić information content (AvgIpc) is 2.38. The van der Waals surface area contributed by atoms with E-state index in [0.717, 1.165) is 16.4 Å². The molecule has 0 aromatic heterocycles. The number of halogens is 2. The number of aromatic carboxylic acids is 1. The first kappa shape index (κ1) is 21.6. The summed E-state index contributed by atoms with van der Waals surface area (Å²) in [5.41, 5.74) is 11.0. The Morgan fingerprint density at radius 2 is 1.62 bits per heavy atom. The Labute approximate surface area is 165 Å². The van der Waals surface area contributed by atoms with Gasteiger partial charge in [-0.3, -0.25) is 0 Å². The van der Waals surface area contributed by atoms with Crippen molar-refractivity contribution in [1.82, 2.24) is 0 Å². The van der Waals surface area contributed by atoms with E-state index in [1.54, 1.807) is 28.7 Å². The number of nitrogens with two attached hydrogens (primary N) is 2. The van der Waals surface area contributed by atoms with Gasteiger partial charge in [-0.25, -0.2) is 0 Å². The van der Waals surface area contributed by atoms with Gasteiger partial charge in [-0.05, 0) is 75.7 Å². The molecule has 4 N–H and O–H groups in total. The maximum Gasteiger partial charge on any atom is 2.00 e. The standard InChI is InChI=1S/C7H4I2O3.C6H14N2.Pt/c8-3-1-4(7(11)12)6(10)5(9)2-3;7-5-3-1-2-4-6(5)8;/h1-2,10H,(H,11,12);5-6H,1-4,7-8H2;/q;;+2/p-2/t;5-,6-;/m.1./s1. The van der Waals surface area contributed by atoms with Crippen LogP contribution in [0, 0.1) is 7.14 Å². The third kappa shape index (κ3) is 7.11. The van der Waals surface area contributed by atoms with Gasteiger partial charge in [-0.1, -0.05) is 18.6 Å². The summed E-state index contributed by atoms with van der Waals surface area (Å²) in [7, 11) is 0. The van der Waals surface area contributed by atoms with E-state index >= 15 is 0 Å². The van der Waals surface area contributed by atoms with Gasteiger partial charge in [-0.15, -0.1) is 0 Å². The summed E-state index contributed by atoms with van der Waals surface area (Å²) in [4.78, 5) is 10.4. The van der Waals surface area contributed by atoms with Crippen LogP contribution in [0.4, 0.5) is 0 Å². The third-order valence-corrected chi connectivity index (χ3v) is 4.53. The predicted octanol–water partition coefficient (Wildman–Crippen LogP) is 0.545. The number of hydrogen-bond acceptors (Lipinski definition) is 5. The molecule has 1 saturated carbocycles. The summed E-state index contributed by atoms with van der Waals surface area (Å²) in [5.74, 6) is -1.90. The first-order valence-corrected chi connectivity index (χ1v) is 8.37. The second-order valence-corrected chi connectivity index (χ2v) is 7.07. The van der Waals surface area contributed by atoms with Crippen molar-refractivity contribution in [2.75, 3.05) is 0 Å². The van der Waals surface area contributed by atoms with Gasteiger partial charge in [0.15, 0.2) is 0 Å². The van der Waals surface area contributed by atoms with Crippen molar-refractivity contribution in [3.05, 3.63) is 24.8 Å². The van der Waals surface area contributed by atoms with Crippen molar-refractivity contribution >= 4 is 51.2 Å². The van der Waals surface area contributed by atoms with Gasteiger partial charge in [0, 0.05) is 19.2 Å². The van der Waals surface area contributed by atoms with Gasteiger partial charge < -0.3 is 26.5 Å². The number of carbonyl (C=O) groups excluding carboxylic acids is 1. The van der Waals surface area contributed by atoms with Crippen molar-refractivity contribution in [1.29, 1.82) is 0 Å². The van der Waals surface area contributed by atoms with Gasteiger partial charge in [0.2, 0.25) is 0 Å². The minimum absolute atomic E-state index is 0. The number of carboxylic acid groups (broad SMARTS) is 1. The van der Waals surface area contributed by atoms with Crippen molar-refractivity contribution in [3.63, 3.8) is 0 Å². The Morgan fingerprint density at radius 1 is 1.14 bits per heavy atom. The summed E-state index contributed by atoms with van der Waals surface area (Å²) >= 11 is 3.75. The molecule has 1 fully saturated rings. The molecule has 8 heteroatoms. The predicted molar refractivity (Wildman–Crippen MR) is 90.1 cm³/mol. The van der Waals surface area contributed by atoms with Crippen LogP contribution in [0.1, 0.15) is 36.0 Å². The molecule has 0 aliphatic heterocycles. The quantitative estimate of drug-likeness (QED) is 0.417. The molecule has 1 aromatic carbocycles. The van der Waals surface area contributed by atoms with Crippen molar-refractivity contribution in [3.8, 4) is 5.75 Å². The fourth-order valence-corrected chi connectivity index (χ4v) is 3.74. The molecule has 0 unspecified atom stereocenters. The zero-order valence-corrected chi connectivity index (χ0v) is 17.7. The Balaban J connectivity index is 0.000000390. The molecule has 21 heavy (non-hydrogen) atoms. The first-order chi connectivity index (χ1) is 9.32. The molecule has 1 aliphatic carbocycles. The number of benzene rings is 1. The topological polar surface area (TPSA) is 115 Å². The van der Waals surface area contributed by atoms with Crippen LogP contribution in [0.3, 0.4) is 0 Å². The molecule has 0 bridgehead atoms. The van der Waals surface area contributed by atoms with Crippen LogP contribution < -0.4 is 21.7 Å². The zero-order chi connectivity index (χ0) is 15.3. The Kier molecular flexibility index (Phi) is 10.6. The first-order valence-electron chi connectivity index (χ1n) is 6.21. The maximum absolute atomic E-state index is 11.1. The van der Waals surface area contributed by atoms with E-state index in [1.807, 2.05) is 22.6 Å². The average molecular weight is 697 g/mol. The number of carboxylic acids is 1. The van der Waals surface area contributed by atoms with Crippen LogP contribution in [0.5, 0.6) is 5.75 Å². The van der Waals surface area contributed by atoms with Gasteiger partial charge in [0.25, 0.3) is 0 Å². The summed E-state index contributed by atoms with van der Waals surface area (Å²) in [6.45, 7) is 0. The van der Waals surface area contributed by atoms with Gasteiger partial charge in [-0.2, -0.15) is 0 Å². The van der Waals surface area contributed by atoms with Gasteiger partial charge >= 0.3 is 21.1 Å². The molecule has 0 amide bonds. The van der Waals surface area contributed by atoms with E-state index in [0.29, 0.717) is 3.57 Å². The van der Waals surface area contributed by atoms with Crippen LogP contribution in [0.25, 0.3) is 0 Å². The second kappa shape index (κ2) is 10.4. The fraction of sp³-hybridized carbons (Fsp3) is 0.462. The Hall–Kier alpha value is 0.558. The smallest absolute Gasteiger partial charge is 0.871 e. The van der Waals surface area contributed by atoms with E-state index in [-0.39, 0.29) is 38.7 Å². The molecule has 2 rings (SSSR count). The zero-order valence-electron chi connectivity index (χ0n) is 11.1. The summed E-state index contributed by atoms with van der Waals surface area (Å²) in [6, 6.07) is 3.49. The van der Waals surface area contributed by atoms with Crippen molar-refractivity contribution in [2.24, 2.45) is 11.5 Å². The molecule has 2 atom stereocenters. The fourth-order valence-electron chi connectivity index (χ4n) is 1.90. The van der Waals surface area contributed by atoms with E-state index in [9.17, 15) is 15.0 Å². The van der Waals surface area contributed by atoms with Crippen LogP contribution in [-0.4, -0.2) is 18.1 Å². The summed E-state index contributed by atoms with van der Waals surface area (Å²) in [6.07, 6.45) is 4.80. The van der Waals surface area contributed by atoms with E-state index < -0.39 is 11.7 Å². The van der Waals surface area contributed by atoms with E-state index in [1.165, 1.54) is 18.9 Å². The molecule has 1 aromatic rings. The number of carbonyl (C=O) groups is 1. The monoisotopic (exact) mass is 697 g/mol. The second-order valence-electron chi connectivity index (χ2n) is 4.66. The maximum atomic E-state index is 11.1. The summed E-state index contributed by atoms with van der Waals surface area (Å²) in [5, 5.41) is 21.5. The summed E-state index contributed by atoms with van der Waals surface area (Å²) < 4.78 is 1.12.